The molecule has 34 heavy (non-hydrogen) atoms. The van der Waals surface area contributed by atoms with Crippen LogP contribution in [0.3, 0.4) is 0 Å². The molecule has 0 unspecified atom stereocenters. The topological polar surface area (TPSA) is 116 Å². The number of hydrogen-bond donors (Lipinski definition) is 1. The van der Waals surface area contributed by atoms with Gasteiger partial charge in [-0.3, -0.25) is 4.79 Å². The molecule has 0 saturated carbocycles. The van der Waals surface area contributed by atoms with Crippen molar-refractivity contribution in [1.29, 1.82) is 0 Å². The Bertz CT molecular complexity index is 1230. The number of carbonyl (C=O) groups excluding carboxylic acids is 2. The first-order valence-corrected chi connectivity index (χ1v) is 12.1. The van der Waals surface area contributed by atoms with Gasteiger partial charge in [0.1, 0.15) is 11.3 Å². The molecule has 9 heteroatoms. The molecule has 0 radical (unpaired) electrons. The van der Waals surface area contributed by atoms with Crippen molar-refractivity contribution in [2.75, 3.05) is 20.3 Å². The van der Waals surface area contributed by atoms with E-state index in [1.807, 2.05) is 60.7 Å². The Morgan fingerprint density at radius 2 is 1.53 bits per heavy atom. The van der Waals surface area contributed by atoms with Crippen molar-refractivity contribution < 1.29 is 27.5 Å². The molecule has 178 valence electrons. The first kappa shape index (κ1) is 24.9. The van der Waals surface area contributed by atoms with Crippen molar-refractivity contribution >= 4 is 21.9 Å². The highest BCUT2D eigenvalue weighted by atomic mass is 32.2. The van der Waals surface area contributed by atoms with E-state index in [0.717, 1.165) is 17.2 Å². The summed E-state index contributed by atoms with van der Waals surface area (Å²) in [6.45, 7) is 0.275. The summed E-state index contributed by atoms with van der Waals surface area (Å²) in [5.41, 5.74) is 1.88. The van der Waals surface area contributed by atoms with Crippen LogP contribution < -0.4 is 9.88 Å². The maximum absolute atomic E-state index is 13.0. The Morgan fingerprint density at radius 1 is 0.912 bits per heavy atom. The van der Waals surface area contributed by atoms with Crippen LogP contribution in [0.15, 0.2) is 83.8 Å². The number of sulfonamides is 1. The van der Waals surface area contributed by atoms with Crippen molar-refractivity contribution in [3.63, 3.8) is 0 Å². The first-order chi connectivity index (χ1) is 16.3. The van der Waals surface area contributed by atoms with Gasteiger partial charge in [-0.05, 0) is 35.7 Å². The summed E-state index contributed by atoms with van der Waals surface area (Å²) in [6.07, 6.45) is 0.636. The molecular weight excluding hydrogens is 456 g/mol. The standard InChI is InChI=1S/C25H26N2O6S/c1-32-23-13-12-21(34(26,30)31)16-22(23)25(29)33-18-24(28)27(17-20-10-6-3-7-11-20)15-14-19-8-4-2-5-9-19/h2-13,16H,14-15,17-18H2,1H3,(H2,26,30,31). The average molecular weight is 483 g/mol. The van der Waals surface area contributed by atoms with Gasteiger partial charge < -0.3 is 14.4 Å². The van der Waals surface area contributed by atoms with Crippen LogP contribution in [0.2, 0.25) is 0 Å². The lowest BCUT2D eigenvalue weighted by atomic mass is 10.1. The third kappa shape index (κ3) is 6.90. The van der Waals surface area contributed by atoms with Gasteiger partial charge >= 0.3 is 5.97 Å². The zero-order valence-electron chi connectivity index (χ0n) is 18.7. The fraction of sp³-hybridized carbons (Fsp3) is 0.200. The molecule has 0 aliphatic carbocycles. The summed E-state index contributed by atoms with van der Waals surface area (Å²) >= 11 is 0. The zero-order valence-corrected chi connectivity index (χ0v) is 19.5. The minimum atomic E-state index is -4.04. The van der Waals surface area contributed by atoms with Crippen LogP contribution >= 0.6 is 0 Å². The minimum Gasteiger partial charge on any atom is -0.496 e. The third-order valence-corrected chi connectivity index (χ3v) is 6.04. The lowest BCUT2D eigenvalue weighted by Crippen LogP contribution is -2.36. The van der Waals surface area contributed by atoms with Crippen molar-refractivity contribution in [2.45, 2.75) is 17.9 Å². The number of hydrogen-bond acceptors (Lipinski definition) is 6. The first-order valence-electron chi connectivity index (χ1n) is 10.5. The summed E-state index contributed by atoms with van der Waals surface area (Å²) in [6, 6.07) is 22.9. The smallest absolute Gasteiger partial charge is 0.342 e. The van der Waals surface area contributed by atoms with Crippen molar-refractivity contribution in [3.05, 3.63) is 95.6 Å². The molecule has 1 amide bonds. The van der Waals surface area contributed by atoms with Crippen LogP contribution in [0.25, 0.3) is 0 Å². The Hall–Kier alpha value is -3.69. The maximum Gasteiger partial charge on any atom is 0.342 e. The van der Waals surface area contributed by atoms with E-state index < -0.39 is 22.6 Å². The number of nitrogens with two attached hydrogens (primary N) is 1. The van der Waals surface area contributed by atoms with Gasteiger partial charge in [0.15, 0.2) is 6.61 Å². The molecule has 0 aliphatic rings. The number of nitrogens with zero attached hydrogens (tertiary/aromatic N) is 1. The molecule has 0 spiro atoms. The van der Waals surface area contributed by atoms with Crippen molar-refractivity contribution in [2.24, 2.45) is 5.14 Å². The van der Waals surface area contributed by atoms with E-state index in [-0.39, 0.29) is 22.1 Å². The Morgan fingerprint density at radius 3 is 2.12 bits per heavy atom. The fourth-order valence-corrected chi connectivity index (χ4v) is 3.86. The molecule has 3 rings (SSSR count). The normalized spacial score (nSPS) is 11.0. The van der Waals surface area contributed by atoms with E-state index >= 15 is 0 Å². The van der Waals surface area contributed by atoms with E-state index in [0.29, 0.717) is 19.5 Å². The maximum atomic E-state index is 13.0. The number of amides is 1. The zero-order chi connectivity index (χ0) is 24.6. The lowest BCUT2D eigenvalue weighted by Gasteiger charge is -2.23. The van der Waals surface area contributed by atoms with E-state index in [4.69, 9.17) is 14.6 Å². The van der Waals surface area contributed by atoms with Crippen molar-refractivity contribution in [3.8, 4) is 5.75 Å². The van der Waals surface area contributed by atoms with Crippen LogP contribution in [0.1, 0.15) is 21.5 Å². The SMILES string of the molecule is COc1ccc(S(N)(=O)=O)cc1C(=O)OCC(=O)N(CCc1ccccc1)Cc1ccccc1. The van der Waals surface area contributed by atoms with Crippen LogP contribution in [-0.2, 0) is 32.5 Å². The molecule has 3 aromatic rings. The molecule has 0 aromatic heterocycles. The number of methoxy groups -OCH3 is 1. The summed E-state index contributed by atoms with van der Waals surface area (Å²) in [7, 11) is -2.70. The molecular formula is C25H26N2O6S. The molecule has 3 aromatic carbocycles. The number of ether oxygens (including phenoxy) is 2. The van der Waals surface area contributed by atoms with Crippen LogP contribution in [0, 0.1) is 0 Å². The highest BCUT2D eigenvalue weighted by Crippen LogP contribution is 2.23. The predicted molar refractivity (Wildman–Crippen MR) is 127 cm³/mol. The van der Waals surface area contributed by atoms with E-state index in [1.54, 1.807) is 4.90 Å². The van der Waals surface area contributed by atoms with Crippen LogP contribution in [-0.4, -0.2) is 45.5 Å². The Labute approximate surface area is 199 Å². The molecule has 0 saturated heterocycles. The Balaban J connectivity index is 1.72. The van der Waals surface area contributed by atoms with Crippen molar-refractivity contribution in [1.82, 2.24) is 4.90 Å². The van der Waals surface area contributed by atoms with Gasteiger partial charge in [0, 0.05) is 13.1 Å². The summed E-state index contributed by atoms with van der Waals surface area (Å²) in [4.78, 5) is 27.0. The molecule has 0 heterocycles. The Kier molecular flexibility index (Phi) is 8.39. The average Bonchev–Trinajstić information content (AvgIpc) is 2.85. The second-order valence-corrected chi connectivity index (χ2v) is 9.08. The summed E-state index contributed by atoms with van der Waals surface area (Å²) in [5.74, 6) is -1.16. The highest BCUT2D eigenvalue weighted by molar-refractivity contribution is 7.89. The van der Waals surface area contributed by atoms with E-state index in [2.05, 4.69) is 0 Å². The van der Waals surface area contributed by atoms with Gasteiger partial charge in [0.2, 0.25) is 10.0 Å². The predicted octanol–water partition coefficient (Wildman–Crippen LogP) is 2.77. The molecule has 0 bridgehead atoms. The van der Waals surface area contributed by atoms with Crippen LogP contribution in [0.4, 0.5) is 0 Å². The van der Waals surface area contributed by atoms with Gasteiger partial charge in [-0.1, -0.05) is 60.7 Å². The second kappa shape index (κ2) is 11.4. The molecule has 8 nitrogen and oxygen atoms in total. The third-order valence-electron chi connectivity index (χ3n) is 5.13. The van der Waals surface area contributed by atoms with Crippen LogP contribution in [0.5, 0.6) is 5.75 Å². The highest BCUT2D eigenvalue weighted by Gasteiger charge is 2.21. The number of esters is 1. The molecule has 0 atom stereocenters. The van der Waals surface area contributed by atoms with Gasteiger partial charge in [-0.25, -0.2) is 18.4 Å². The molecule has 2 N–H and O–H groups in total. The number of carbonyl (C=O) groups is 2. The summed E-state index contributed by atoms with van der Waals surface area (Å²) in [5, 5.41) is 5.15. The quantitative estimate of drug-likeness (QED) is 0.444. The molecule has 0 fully saturated rings. The monoisotopic (exact) mass is 482 g/mol. The molecule has 0 aliphatic heterocycles. The fourth-order valence-electron chi connectivity index (χ4n) is 3.32. The largest absolute Gasteiger partial charge is 0.496 e. The number of rotatable bonds is 10. The van der Waals surface area contributed by atoms with E-state index in [1.165, 1.54) is 19.2 Å². The number of primary sulfonamides is 1. The summed E-state index contributed by atoms with van der Waals surface area (Å²) < 4.78 is 33.6. The lowest BCUT2D eigenvalue weighted by molar-refractivity contribution is -0.135. The second-order valence-electron chi connectivity index (χ2n) is 7.52. The number of benzene rings is 3. The van der Waals surface area contributed by atoms with Gasteiger partial charge in [-0.2, -0.15) is 0 Å². The van der Waals surface area contributed by atoms with E-state index in [9.17, 15) is 18.0 Å². The van der Waals surface area contributed by atoms with Gasteiger partial charge in [0.05, 0.1) is 12.0 Å². The van der Waals surface area contributed by atoms with Gasteiger partial charge in [-0.15, -0.1) is 0 Å². The minimum absolute atomic E-state index is 0.107. The van der Waals surface area contributed by atoms with Gasteiger partial charge in [0.25, 0.3) is 5.91 Å².